The molecule has 0 saturated heterocycles. The van der Waals surface area contributed by atoms with Gasteiger partial charge in [0.05, 0.1) is 0 Å². The van der Waals surface area contributed by atoms with Crippen LogP contribution in [0.1, 0.15) is 64.2 Å². The van der Waals surface area contributed by atoms with E-state index in [2.05, 4.69) is 36.2 Å². The summed E-state index contributed by atoms with van der Waals surface area (Å²) in [5.41, 5.74) is 1.31. The number of nitrogens with one attached hydrogen (secondary N) is 1. The lowest BCUT2D eigenvalue weighted by Gasteiger charge is -2.06. The van der Waals surface area contributed by atoms with Crippen LogP contribution in [-0.2, 0) is 4.79 Å². The predicted molar refractivity (Wildman–Crippen MR) is 90.3 cm³/mol. The molecule has 0 aromatic rings. The lowest BCUT2D eigenvalue weighted by Crippen LogP contribution is -2.24. The van der Waals surface area contributed by atoms with Crippen molar-refractivity contribution in [3.05, 3.63) is 23.8 Å². The minimum atomic E-state index is 0.201. The molecule has 0 aromatic carbocycles. The monoisotopic (exact) mass is 295 g/mol. The Morgan fingerprint density at radius 3 is 2.30 bits per heavy atom. The number of rotatable bonds is 12. The molecule has 1 N–H and O–H groups in total. The van der Waals surface area contributed by atoms with Crippen molar-refractivity contribution < 1.29 is 4.79 Å². The normalized spacial score (nSPS) is 13.6. The Morgan fingerprint density at radius 2 is 1.70 bits per heavy atom. The molecule has 1 aliphatic rings. The van der Waals surface area contributed by atoms with Gasteiger partial charge in [-0.05, 0) is 30.6 Å². The average molecular weight is 295 g/mol. The van der Waals surface area contributed by atoms with E-state index >= 15 is 0 Å². The molecule has 2 nitrogen and oxygen atoms in total. The van der Waals surface area contributed by atoms with E-state index in [0.717, 1.165) is 25.1 Å². The van der Waals surface area contributed by atoms with Crippen molar-refractivity contribution in [2.45, 2.75) is 64.2 Å². The SMILES string of the molecule is O=C(CCCCCCCCCCS)NCC1=CC=CC1. The summed E-state index contributed by atoms with van der Waals surface area (Å²) in [6.45, 7) is 0.719. The number of hydrogen-bond donors (Lipinski definition) is 2. The van der Waals surface area contributed by atoms with Gasteiger partial charge < -0.3 is 5.32 Å². The summed E-state index contributed by atoms with van der Waals surface area (Å²) in [6.07, 6.45) is 18.0. The summed E-state index contributed by atoms with van der Waals surface area (Å²) >= 11 is 4.21. The molecule has 1 rings (SSSR count). The maximum absolute atomic E-state index is 11.6. The minimum absolute atomic E-state index is 0.201. The van der Waals surface area contributed by atoms with E-state index in [1.807, 2.05) is 0 Å². The third kappa shape index (κ3) is 9.24. The van der Waals surface area contributed by atoms with E-state index in [1.54, 1.807) is 0 Å². The van der Waals surface area contributed by atoms with Gasteiger partial charge in [-0.2, -0.15) is 12.6 Å². The van der Waals surface area contributed by atoms with Crippen LogP contribution in [0.15, 0.2) is 23.8 Å². The highest BCUT2D eigenvalue weighted by Crippen LogP contribution is 2.11. The molecule has 114 valence electrons. The highest BCUT2D eigenvalue weighted by atomic mass is 32.1. The van der Waals surface area contributed by atoms with Crippen LogP contribution in [-0.4, -0.2) is 18.2 Å². The van der Waals surface area contributed by atoms with Gasteiger partial charge in [0, 0.05) is 13.0 Å². The Bertz CT molecular complexity index is 323. The quantitative estimate of drug-likeness (QED) is 0.405. The minimum Gasteiger partial charge on any atom is -0.352 e. The van der Waals surface area contributed by atoms with Gasteiger partial charge >= 0.3 is 0 Å². The number of thiol groups is 1. The zero-order valence-electron chi connectivity index (χ0n) is 12.6. The van der Waals surface area contributed by atoms with E-state index in [0.29, 0.717) is 6.42 Å². The van der Waals surface area contributed by atoms with E-state index < -0.39 is 0 Å². The van der Waals surface area contributed by atoms with Crippen molar-refractivity contribution >= 4 is 18.5 Å². The molecule has 0 saturated carbocycles. The van der Waals surface area contributed by atoms with Crippen LogP contribution in [0.3, 0.4) is 0 Å². The van der Waals surface area contributed by atoms with Gasteiger partial charge in [-0.3, -0.25) is 4.79 Å². The van der Waals surface area contributed by atoms with Gasteiger partial charge in [0.1, 0.15) is 0 Å². The van der Waals surface area contributed by atoms with E-state index in [1.165, 1.54) is 50.5 Å². The van der Waals surface area contributed by atoms with Crippen molar-refractivity contribution in [1.82, 2.24) is 5.32 Å². The van der Waals surface area contributed by atoms with Gasteiger partial charge in [0.2, 0.25) is 5.91 Å². The maximum atomic E-state index is 11.6. The molecule has 0 atom stereocenters. The zero-order valence-corrected chi connectivity index (χ0v) is 13.5. The van der Waals surface area contributed by atoms with Crippen LogP contribution in [0.25, 0.3) is 0 Å². The number of carbonyl (C=O) groups is 1. The predicted octanol–water partition coefficient (Wildman–Crippen LogP) is 4.43. The number of allylic oxidation sites excluding steroid dienone is 3. The summed E-state index contributed by atoms with van der Waals surface area (Å²) in [5.74, 6) is 1.22. The lowest BCUT2D eigenvalue weighted by molar-refractivity contribution is -0.121. The second kappa shape index (κ2) is 12.1. The fraction of sp³-hybridized carbons (Fsp3) is 0.706. The number of hydrogen-bond acceptors (Lipinski definition) is 2. The summed E-state index contributed by atoms with van der Waals surface area (Å²) in [6, 6.07) is 0. The molecule has 0 heterocycles. The summed E-state index contributed by atoms with van der Waals surface area (Å²) in [5, 5.41) is 3.00. The fourth-order valence-corrected chi connectivity index (χ4v) is 2.60. The van der Waals surface area contributed by atoms with Crippen LogP contribution in [0.5, 0.6) is 0 Å². The van der Waals surface area contributed by atoms with Crippen LogP contribution in [0.2, 0.25) is 0 Å². The molecule has 3 heteroatoms. The first-order chi connectivity index (χ1) is 9.83. The average Bonchev–Trinajstić information content (AvgIpc) is 2.96. The van der Waals surface area contributed by atoms with Crippen LogP contribution < -0.4 is 5.32 Å². The van der Waals surface area contributed by atoms with E-state index in [-0.39, 0.29) is 5.91 Å². The van der Waals surface area contributed by atoms with Crippen LogP contribution in [0.4, 0.5) is 0 Å². The molecule has 0 spiro atoms. The largest absolute Gasteiger partial charge is 0.352 e. The van der Waals surface area contributed by atoms with Gasteiger partial charge in [-0.25, -0.2) is 0 Å². The lowest BCUT2D eigenvalue weighted by atomic mass is 10.1. The Morgan fingerprint density at radius 1 is 1.05 bits per heavy atom. The first kappa shape index (κ1) is 17.4. The topological polar surface area (TPSA) is 29.1 Å². The Hall–Kier alpha value is -0.700. The molecule has 0 aromatic heterocycles. The number of carbonyl (C=O) groups excluding carboxylic acids is 1. The third-order valence-corrected chi connectivity index (χ3v) is 3.99. The molecule has 0 fully saturated rings. The van der Waals surface area contributed by atoms with Gasteiger partial charge in [-0.1, -0.05) is 56.8 Å². The third-order valence-electron chi connectivity index (χ3n) is 3.67. The summed E-state index contributed by atoms with van der Waals surface area (Å²) in [4.78, 5) is 11.6. The molecule has 0 radical (unpaired) electrons. The van der Waals surface area contributed by atoms with E-state index in [9.17, 15) is 4.79 Å². The molecule has 1 aliphatic carbocycles. The zero-order chi connectivity index (χ0) is 14.5. The summed E-state index contributed by atoms with van der Waals surface area (Å²) in [7, 11) is 0. The smallest absolute Gasteiger partial charge is 0.220 e. The molecule has 0 unspecified atom stereocenters. The first-order valence-electron chi connectivity index (χ1n) is 8.05. The Kier molecular flexibility index (Phi) is 10.5. The first-order valence-corrected chi connectivity index (χ1v) is 8.68. The van der Waals surface area contributed by atoms with Crippen LogP contribution in [0, 0.1) is 0 Å². The number of unbranched alkanes of at least 4 members (excludes halogenated alkanes) is 7. The van der Waals surface area contributed by atoms with Crippen molar-refractivity contribution in [2.24, 2.45) is 0 Å². The molecule has 0 bridgehead atoms. The van der Waals surface area contributed by atoms with Crippen molar-refractivity contribution in [2.75, 3.05) is 12.3 Å². The van der Waals surface area contributed by atoms with Gasteiger partial charge in [0.15, 0.2) is 0 Å². The van der Waals surface area contributed by atoms with Crippen molar-refractivity contribution in [3.8, 4) is 0 Å². The summed E-state index contributed by atoms with van der Waals surface area (Å²) < 4.78 is 0. The Balaban J connectivity index is 1.82. The molecular formula is C17H29NOS. The standard InChI is InChI=1S/C17H29NOS/c19-17(18-15-16-11-8-9-12-16)13-7-5-3-1-2-4-6-10-14-20/h8-9,11,20H,1-7,10,12-15H2,(H,18,19). The second-order valence-electron chi connectivity index (χ2n) is 5.54. The molecular weight excluding hydrogens is 266 g/mol. The second-order valence-corrected chi connectivity index (χ2v) is 5.98. The Labute approximate surface area is 129 Å². The number of amides is 1. The molecule has 1 amide bonds. The molecule has 0 aliphatic heterocycles. The highest BCUT2D eigenvalue weighted by Gasteiger charge is 2.03. The fourth-order valence-electron chi connectivity index (χ4n) is 2.38. The van der Waals surface area contributed by atoms with Crippen LogP contribution >= 0.6 is 12.6 Å². The van der Waals surface area contributed by atoms with Gasteiger partial charge in [-0.15, -0.1) is 0 Å². The maximum Gasteiger partial charge on any atom is 0.220 e. The van der Waals surface area contributed by atoms with Crippen molar-refractivity contribution in [1.29, 1.82) is 0 Å². The van der Waals surface area contributed by atoms with Crippen molar-refractivity contribution in [3.63, 3.8) is 0 Å². The highest BCUT2D eigenvalue weighted by molar-refractivity contribution is 7.80. The molecule has 20 heavy (non-hydrogen) atoms. The van der Waals surface area contributed by atoms with Gasteiger partial charge in [0.25, 0.3) is 0 Å². The van der Waals surface area contributed by atoms with E-state index in [4.69, 9.17) is 0 Å².